The summed E-state index contributed by atoms with van der Waals surface area (Å²) < 4.78 is 0. The summed E-state index contributed by atoms with van der Waals surface area (Å²) >= 11 is 0. The largest absolute Gasteiger partial charge is 0.313 e. The first-order chi connectivity index (χ1) is 13.5. The summed E-state index contributed by atoms with van der Waals surface area (Å²) in [6.45, 7) is 0. The van der Waals surface area contributed by atoms with Crippen molar-refractivity contribution in [3.63, 3.8) is 0 Å². The van der Waals surface area contributed by atoms with Crippen molar-refractivity contribution in [2.45, 2.75) is 0 Å². The normalized spacial score (nSPS) is 13.2. The molecule has 0 saturated carbocycles. The van der Waals surface area contributed by atoms with E-state index < -0.39 is 0 Å². The molecule has 0 aliphatic carbocycles. The number of nitrogens with one attached hydrogen (secondary N) is 2. The maximum absolute atomic E-state index is 12.4. The molecule has 0 aliphatic rings. The van der Waals surface area contributed by atoms with Gasteiger partial charge in [-0.1, -0.05) is 60.7 Å². The zero-order valence-corrected chi connectivity index (χ0v) is 17.1. The van der Waals surface area contributed by atoms with Crippen molar-refractivity contribution in [2.75, 3.05) is 28.2 Å². The monoisotopic (exact) mass is 374 g/mol. The highest BCUT2D eigenvalue weighted by Crippen LogP contribution is 2.15. The van der Waals surface area contributed by atoms with E-state index >= 15 is 0 Å². The summed E-state index contributed by atoms with van der Waals surface area (Å²) in [6, 6.07) is 20.2. The second-order valence-electron chi connectivity index (χ2n) is 7.16. The predicted octanol–water partition coefficient (Wildman–Crippen LogP) is 2.04. The highest BCUT2D eigenvalue weighted by molar-refractivity contribution is 6.02. The molecule has 0 radical (unpaired) electrons. The minimum atomic E-state index is -0.0359. The Morgan fingerprint density at radius 2 is 0.964 bits per heavy atom. The number of hydrogen-bond acceptors (Lipinski definition) is 1. The first-order valence-electron chi connectivity index (χ1n) is 9.50. The summed E-state index contributed by atoms with van der Waals surface area (Å²) in [5.41, 5.74) is 4.24. The van der Waals surface area contributed by atoms with Crippen LogP contribution in [0.2, 0.25) is 0 Å². The molecule has 0 fully saturated rings. The Morgan fingerprint density at radius 3 is 1.29 bits per heavy atom. The highest BCUT2D eigenvalue weighted by Gasteiger charge is 2.03. The maximum Gasteiger partial charge on any atom is 0.178 e. The summed E-state index contributed by atoms with van der Waals surface area (Å²) in [6.07, 6.45) is 11.2. The molecule has 28 heavy (non-hydrogen) atoms. The van der Waals surface area contributed by atoms with Gasteiger partial charge in [-0.15, -0.1) is 0 Å². The first kappa shape index (κ1) is 21.3. The van der Waals surface area contributed by atoms with Gasteiger partial charge in [0.1, 0.15) is 12.4 Å². The number of carbonyl (C=O) groups excluding carboxylic acids is 1. The van der Waals surface area contributed by atoms with Crippen molar-refractivity contribution in [3.05, 3.63) is 108 Å². The third-order valence-electron chi connectivity index (χ3n) is 3.96. The second kappa shape index (κ2) is 11.0. The van der Waals surface area contributed by atoms with Gasteiger partial charge >= 0.3 is 0 Å². The SMILES string of the molecule is C[NH+](C)C=C(/C=C/C(=O)/C=C/C(=C/[NH+](C)C)c1ccccc1)c1ccccc1. The van der Waals surface area contributed by atoms with Crippen molar-refractivity contribution in [1.82, 2.24) is 0 Å². The Bertz CT molecular complexity index is 800. The summed E-state index contributed by atoms with van der Waals surface area (Å²) in [7, 11) is 8.22. The molecule has 0 heterocycles. The Hall–Kier alpha value is -3.01. The summed E-state index contributed by atoms with van der Waals surface area (Å²) in [5, 5.41) is 0. The van der Waals surface area contributed by atoms with Gasteiger partial charge in [0.05, 0.1) is 28.2 Å². The van der Waals surface area contributed by atoms with E-state index in [0.717, 1.165) is 22.3 Å². The van der Waals surface area contributed by atoms with E-state index in [1.165, 1.54) is 9.80 Å². The van der Waals surface area contributed by atoms with Gasteiger partial charge < -0.3 is 9.80 Å². The van der Waals surface area contributed by atoms with Crippen LogP contribution in [0.3, 0.4) is 0 Å². The van der Waals surface area contributed by atoms with Crippen LogP contribution in [0.5, 0.6) is 0 Å². The van der Waals surface area contributed by atoms with E-state index in [2.05, 4.69) is 64.9 Å². The van der Waals surface area contributed by atoms with Gasteiger partial charge in [0.25, 0.3) is 0 Å². The number of quaternary nitrogens is 2. The van der Waals surface area contributed by atoms with Crippen LogP contribution in [0.1, 0.15) is 11.1 Å². The van der Waals surface area contributed by atoms with Crippen LogP contribution in [0.25, 0.3) is 11.1 Å². The summed E-state index contributed by atoms with van der Waals surface area (Å²) in [4.78, 5) is 14.8. The Kier molecular flexibility index (Phi) is 8.35. The lowest BCUT2D eigenvalue weighted by molar-refractivity contribution is -0.800. The van der Waals surface area contributed by atoms with Gasteiger partial charge in [-0.3, -0.25) is 4.79 Å². The molecular formula is C25H30N2O+2. The molecule has 0 atom stereocenters. The average Bonchev–Trinajstić information content (AvgIpc) is 2.69. The Labute approximate surface area is 168 Å². The van der Waals surface area contributed by atoms with Crippen LogP contribution in [-0.2, 0) is 4.79 Å². The van der Waals surface area contributed by atoms with E-state index in [1.807, 2.05) is 48.6 Å². The van der Waals surface area contributed by atoms with Gasteiger partial charge in [0, 0.05) is 11.1 Å². The number of benzene rings is 2. The summed E-state index contributed by atoms with van der Waals surface area (Å²) in [5.74, 6) is -0.0359. The van der Waals surface area contributed by atoms with E-state index in [0.29, 0.717) is 0 Å². The molecule has 2 aromatic carbocycles. The van der Waals surface area contributed by atoms with Crippen LogP contribution < -0.4 is 9.80 Å². The fourth-order valence-corrected chi connectivity index (χ4v) is 2.74. The smallest absolute Gasteiger partial charge is 0.178 e. The molecule has 3 heteroatoms. The fourth-order valence-electron chi connectivity index (χ4n) is 2.74. The first-order valence-corrected chi connectivity index (χ1v) is 9.50. The van der Waals surface area contributed by atoms with Crippen LogP contribution in [0.4, 0.5) is 0 Å². The van der Waals surface area contributed by atoms with Crippen LogP contribution in [0, 0.1) is 0 Å². The molecule has 0 saturated heterocycles. The zero-order chi connectivity index (χ0) is 20.4. The van der Waals surface area contributed by atoms with Crippen molar-refractivity contribution >= 4 is 16.9 Å². The zero-order valence-electron chi connectivity index (χ0n) is 17.1. The van der Waals surface area contributed by atoms with Crippen LogP contribution in [-0.4, -0.2) is 34.0 Å². The molecule has 0 unspecified atom stereocenters. The third kappa shape index (κ3) is 7.31. The number of allylic oxidation sites excluding steroid dienone is 6. The molecule has 144 valence electrons. The highest BCUT2D eigenvalue weighted by atomic mass is 16.1. The lowest BCUT2D eigenvalue weighted by Gasteiger charge is -2.05. The lowest BCUT2D eigenvalue weighted by Crippen LogP contribution is -3.00. The topological polar surface area (TPSA) is 26.0 Å². The number of ketones is 1. The van der Waals surface area contributed by atoms with Crippen molar-refractivity contribution in [3.8, 4) is 0 Å². The molecule has 3 nitrogen and oxygen atoms in total. The van der Waals surface area contributed by atoms with Gasteiger partial charge in [-0.05, 0) is 35.4 Å². The number of hydrogen-bond donors (Lipinski definition) is 2. The molecule has 0 bridgehead atoms. The number of rotatable bonds is 8. The predicted molar refractivity (Wildman–Crippen MR) is 118 cm³/mol. The van der Waals surface area contributed by atoms with Gasteiger partial charge in [0.2, 0.25) is 0 Å². The molecule has 0 aliphatic heterocycles. The van der Waals surface area contributed by atoms with Crippen molar-refractivity contribution < 1.29 is 14.6 Å². The quantitative estimate of drug-likeness (QED) is 0.537. The molecule has 2 rings (SSSR count). The van der Waals surface area contributed by atoms with Gasteiger partial charge in [0.15, 0.2) is 5.78 Å². The average molecular weight is 375 g/mol. The molecule has 0 aromatic heterocycles. The molecule has 2 aromatic rings. The standard InChI is InChI=1S/C25H28N2O/c1-26(2)19-23(21-11-7-5-8-12-21)15-17-25(28)18-16-24(20-27(3)4)22-13-9-6-10-14-22/h5-20H,1-4H3/p+2/b17-15+,18-16+,23-19-,24-20?. The van der Waals surface area contributed by atoms with E-state index in [9.17, 15) is 4.79 Å². The second-order valence-corrected chi connectivity index (χ2v) is 7.16. The van der Waals surface area contributed by atoms with E-state index in [4.69, 9.17) is 0 Å². The lowest BCUT2D eigenvalue weighted by atomic mass is 10.0. The van der Waals surface area contributed by atoms with Gasteiger partial charge in [-0.25, -0.2) is 0 Å². The van der Waals surface area contributed by atoms with Crippen molar-refractivity contribution in [1.29, 1.82) is 0 Å². The molecule has 0 amide bonds. The minimum absolute atomic E-state index is 0.0359. The molecular weight excluding hydrogens is 344 g/mol. The van der Waals surface area contributed by atoms with E-state index in [-0.39, 0.29) is 5.78 Å². The fraction of sp³-hybridized carbons (Fsp3) is 0.160. The van der Waals surface area contributed by atoms with Crippen molar-refractivity contribution in [2.24, 2.45) is 0 Å². The van der Waals surface area contributed by atoms with Gasteiger partial charge in [-0.2, -0.15) is 0 Å². The molecule has 0 spiro atoms. The maximum atomic E-state index is 12.4. The Morgan fingerprint density at radius 1 is 0.607 bits per heavy atom. The van der Waals surface area contributed by atoms with Crippen LogP contribution in [0.15, 0.2) is 97.4 Å². The minimum Gasteiger partial charge on any atom is -0.313 e. The Balaban J connectivity index is 2.20. The third-order valence-corrected chi connectivity index (χ3v) is 3.96. The van der Waals surface area contributed by atoms with E-state index in [1.54, 1.807) is 12.2 Å². The molecule has 2 N–H and O–H groups in total. The van der Waals surface area contributed by atoms with Crippen LogP contribution >= 0.6 is 0 Å². The number of carbonyl (C=O) groups is 1.